The molecule has 0 saturated carbocycles. The maximum absolute atomic E-state index is 5.72. The maximum Gasteiger partial charge on any atom is 0.0628 e. The van der Waals surface area contributed by atoms with Crippen LogP contribution in [0.15, 0.2) is 24.3 Å². The van der Waals surface area contributed by atoms with Crippen LogP contribution in [0, 0.1) is 13.8 Å². The molecule has 0 amide bonds. The largest absolute Gasteiger partial charge is 0.330 e. The zero-order chi connectivity index (χ0) is 14.8. The first kappa shape index (κ1) is 14.3. The molecular weight excluding hydrogens is 258 g/mol. The van der Waals surface area contributed by atoms with Gasteiger partial charge in [-0.15, -0.1) is 0 Å². The van der Waals surface area contributed by atoms with Gasteiger partial charge in [0, 0.05) is 18.2 Å². The van der Waals surface area contributed by atoms with Gasteiger partial charge in [-0.2, -0.15) is 5.10 Å². The van der Waals surface area contributed by atoms with E-state index in [1.165, 1.54) is 41.6 Å². The molecule has 1 aromatic carbocycles. The summed E-state index contributed by atoms with van der Waals surface area (Å²) in [6, 6.07) is 8.90. The maximum atomic E-state index is 5.72. The van der Waals surface area contributed by atoms with E-state index in [0.717, 1.165) is 18.7 Å². The molecule has 2 N–H and O–H groups in total. The summed E-state index contributed by atoms with van der Waals surface area (Å²) >= 11 is 0. The summed E-state index contributed by atoms with van der Waals surface area (Å²) < 4.78 is 2.20. The van der Waals surface area contributed by atoms with E-state index < -0.39 is 0 Å². The van der Waals surface area contributed by atoms with Crippen LogP contribution in [-0.4, -0.2) is 16.3 Å². The van der Waals surface area contributed by atoms with Gasteiger partial charge in [0.1, 0.15) is 0 Å². The van der Waals surface area contributed by atoms with Crippen LogP contribution in [0.2, 0.25) is 0 Å². The zero-order valence-corrected chi connectivity index (χ0v) is 13.1. The van der Waals surface area contributed by atoms with Gasteiger partial charge in [0.25, 0.3) is 0 Å². The van der Waals surface area contributed by atoms with Crippen LogP contribution in [0.3, 0.4) is 0 Å². The van der Waals surface area contributed by atoms with Crippen molar-refractivity contribution in [2.75, 3.05) is 6.54 Å². The fourth-order valence-corrected chi connectivity index (χ4v) is 3.67. The fourth-order valence-electron chi connectivity index (χ4n) is 3.67. The van der Waals surface area contributed by atoms with Crippen LogP contribution in [0.4, 0.5) is 0 Å². The molecule has 1 unspecified atom stereocenters. The van der Waals surface area contributed by atoms with E-state index >= 15 is 0 Å². The van der Waals surface area contributed by atoms with Gasteiger partial charge in [0.05, 0.1) is 5.69 Å². The summed E-state index contributed by atoms with van der Waals surface area (Å²) in [6.45, 7) is 5.97. The molecule has 112 valence electrons. The normalized spacial score (nSPS) is 17.8. The van der Waals surface area contributed by atoms with Crippen LogP contribution in [0.25, 0.3) is 0 Å². The first-order valence-corrected chi connectivity index (χ1v) is 8.01. The third-order valence-electron chi connectivity index (χ3n) is 4.81. The Morgan fingerprint density at radius 2 is 2.10 bits per heavy atom. The zero-order valence-electron chi connectivity index (χ0n) is 13.1. The minimum absolute atomic E-state index is 0.596. The summed E-state index contributed by atoms with van der Waals surface area (Å²) in [5.41, 5.74) is 12.5. The highest BCUT2D eigenvalue weighted by Gasteiger charge is 2.22. The highest BCUT2D eigenvalue weighted by atomic mass is 15.3. The van der Waals surface area contributed by atoms with Gasteiger partial charge in [-0.1, -0.05) is 24.3 Å². The summed E-state index contributed by atoms with van der Waals surface area (Å²) in [4.78, 5) is 0. The van der Waals surface area contributed by atoms with Gasteiger partial charge in [-0.25, -0.2) is 0 Å². The third-order valence-corrected chi connectivity index (χ3v) is 4.81. The molecule has 0 radical (unpaired) electrons. The Hall–Kier alpha value is -1.61. The SMILES string of the molecule is Cc1nn(CC2CCCc3ccccc32)c(C)c1CCN. The van der Waals surface area contributed by atoms with Gasteiger partial charge in [0.15, 0.2) is 0 Å². The highest BCUT2D eigenvalue weighted by molar-refractivity contribution is 5.33. The Kier molecular flexibility index (Phi) is 4.11. The summed E-state index contributed by atoms with van der Waals surface area (Å²) in [5, 5.41) is 4.76. The predicted octanol–water partition coefficient (Wildman–Crippen LogP) is 3.12. The van der Waals surface area contributed by atoms with Crippen molar-refractivity contribution < 1.29 is 0 Å². The lowest BCUT2D eigenvalue weighted by Crippen LogP contribution is -2.17. The van der Waals surface area contributed by atoms with Crippen LogP contribution in [0.1, 0.15) is 46.8 Å². The molecule has 3 rings (SSSR count). The van der Waals surface area contributed by atoms with Crippen LogP contribution >= 0.6 is 0 Å². The van der Waals surface area contributed by atoms with E-state index in [1.54, 1.807) is 0 Å². The van der Waals surface area contributed by atoms with E-state index in [2.05, 4.69) is 42.8 Å². The lowest BCUT2D eigenvalue weighted by atomic mass is 9.83. The molecule has 0 aliphatic heterocycles. The van der Waals surface area contributed by atoms with Crippen molar-refractivity contribution in [3.05, 3.63) is 52.3 Å². The van der Waals surface area contributed by atoms with E-state index in [1.807, 2.05) is 0 Å². The molecule has 21 heavy (non-hydrogen) atoms. The average molecular weight is 283 g/mol. The van der Waals surface area contributed by atoms with E-state index in [9.17, 15) is 0 Å². The molecule has 1 aliphatic rings. The van der Waals surface area contributed by atoms with Gasteiger partial charge < -0.3 is 5.73 Å². The Morgan fingerprint density at radius 1 is 1.29 bits per heavy atom. The average Bonchev–Trinajstić information content (AvgIpc) is 2.76. The smallest absolute Gasteiger partial charge is 0.0628 e. The van der Waals surface area contributed by atoms with Crippen molar-refractivity contribution >= 4 is 0 Å². The second kappa shape index (κ2) is 6.02. The molecular formula is C18H25N3. The summed E-state index contributed by atoms with van der Waals surface area (Å²) in [5.74, 6) is 0.596. The first-order valence-electron chi connectivity index (χ1n) is 8.01. The lowest BCUT2D eigenvalue weighted by Gasteiger charge is -2.25. The molecule has 1 aromatic heterocycles. The second-order valence-electron chi connectivity index (χ2n) is 6.16. The van der Waals surface area contributed by atoms with Gasteiger partial charge in [-0.3, -0.25) is 4.68 Å². The van der Waals surface area contributed by atoms with Crippen molar-refractivity contribution in [1.29, 1.82) is 0 Å². The molecule has 1 heterocycles. The standard InChI is InChI=1S/C18H25N3/c1-13-17(10-11-19)14(2)21(20-13)12-16-8-5-7-15-6-3-4-9-18(15)16/h3-4,6,9,16H,5,7-8,10-12,19H2,1-2H3. The van der Waals surface area contributed by atoms with E-state index in [-0.39, 0.29) is 0 Å². The molecule has 3 nitrogen and oxygen atoms in total. The Balaban J connectivity index is 1.87. The molecule has 2 aromatic rings. The van der Waals surface area contributed by atoms with Crippen molar-refractivity contribution in [2.24, 2.45) is 5.73 Å². The molecule has 3 heteroatoms. The quantitative estimate of drug-likeness (QED) is 0.937. The van der Waals surface area contributed by atoms with Crippen molar-refractivity contribution in [3.63, 3.8) is 0 Å². The number of aryl methyl sites for hydroxylation is 2. The van der Waals surface area contributed by atoms with Crippen LogP contribution in [-0.2, 0) is 19.4 Å². The van der Waals surface area contributed by atoms with E-state index in [4.69, 9.17) is 10.8 Å². The highest BCUT2D eigenvalue weighted by Crippen LogP contribution is 2.33. The number of rotatable bonds is 4. The lowest BCUT2D eigenvalue weighted by molar-refractivity contribution is 0.450. The number of hydrogen-bond acceptors (Lipinski definition) is 2. The summed E-state index contributed by atoms with van der Waals surface area (Å²) in [7, 11) is 0. The Labute approximate surface area is 127 Å². The number of fused-ring (bicyclic) bond motifs is 1. The molecule has 0 saturated heterocycles. The van der Waals surface area contributed by atoms with Crippen molar-refractivity contribution in [1.82, 2.24) is 9.78 Å². The minimum Gasteiger partial charge on any atom is -0.330 e. The van der Waals surface area contributed by atoms with Crippen LogP contribution < -0.4 is 5.73 Å². The Bertz CT molecular complexity index is 627. The molecule has 0 bridgehead atoms. The molecule has 1 atom stereocenters. The monoisotopic (exact) mass is 283 g/mol. The first-order chi connectivity index (χ1) is 10.2. The second-order valence-corrected chi connectivity index (χ2v) is 6.16. The molecule has 0 fully saturated rings. The van der Waals surface area contributed by atoms with Gasteiger partial charge in [0.2, 0.25) is 0 Å². The van der Waals surface area contributed by atoms with Gasteiger partial charge >= 0.3 is 0 Å². The van der Waals surface area contributed by atoms with Crippen molar-refractivity contribution in [2.45, 2.75) is 52.0 Å². The predicted molar refractivity (Wildman–Crippen MR) is 86.6 cm³/mol. The number of nitrogens with zero attached hydrogens (tertiary/aromatic N) is 2. The minimum atomic E-state index is 0.596. The topological polar surface area (TPSA) is 43.8 Å². The molecule has 0 spiro atoms. The number of nitrogens with two attached hydrogens (primary N) is 1. The summed E-state index contributed by atoms with van der Waals surface area (Å²) in [6.07, 6.45) is 4.71. The number of aromatic nitrogens is 2. The molecule has 1 aliphatic carbocycles. The third kappa shape index (κ3) is 2.75. The van der Waals surface area contributed by atoms with Gasteiger partial charge in [-0.05, 0) is 62.8 Å². The van der Waals surface area contributed by atoms with Crippen molar-refractivity contribution in [3.8, 4) is 0 Å². The fraction of sp³-hybridized carbons (Fsp3) is 0.500. The number of benzene rings is 1. The van der Waals surface area contributed by atoms with E-state index in [0.29, 0.717) is 12.5 Å². The Morgan fingerprint density at radius 3 is 2.90 bits per heavy atom. The number of hydrogen-bond donors (Lipinski definition) is 1. The van der Waals surface area contributed by atoms with Crippen LogP contribution in [0.5, 0.6) is 0 Å².